The van der Waals surface area contributed by atoms with Gasteiger partial charge in [-0.3, -0.25) is 11.5 Å². The predicted octanol–water partition coefficient (Wildman–Crippen LogP) is 1.81. The summed E-state index contributed by atoms with van der Waals surface area (Å²) in [5, 5.41) is 37.2. The van der Waals surface area contributed by atoms with Crippen LogP contribution in [0.1, 0.15) is 23.6 Å². The van der Waals surface area contributed by atoms with Crippen LogP contribution in [0, 0.1) is 0 Å². The molecular formula is C14H16N2O7P+. The molecule has 0 aliphatic heterocycles. The lowest BCUT2D eigenvalue weighted by atomic mass is 10.2. The molecule has 9 nitrogen and oxygen atoms in total. The zero-order valence-electron chi connectivity index (χ0n) is 12.2. The zero-order chi connectivity index (χ0) is 17.9. The van der Waals surface area contributed by atoms with Gasteiger partial charge in [-0.15, -0.1) is 0 Å². The fourth-order valence-corrected chi connectivity index (χ4v) is 2.43. The van der Waals surface area contributed by atoms with Crippen LogP contribution >= 0.6 is 8.25 Å². The maximum atomic E-state index is 11.8. The monoisotopic (exact) mass is 355 g/mol. The van der Waals surface area contributed by atoms with Crippen molar-refractivity contribution in [2.75, 3.05) is 0 Å². The Bertz CT molecular complexity index is 694. The Hall–Kier alpha value is -2.42. The molecular weight excluding hydrogens is 339 g/mol. The second-order valence-electron chi connectivity index (χ2n) is 4.77. The number of rotatable bonds is 6. The number of nitrogens with two attached hydrogens (primary N) is 2. The van der Waals surface area contributed by atoms with Crippen LogP contribution in [-0.2, 0) is 13.6 Å². The highest BCUT2D eigenvalue weighted by Gasteiger charge is 2.30. The summed E-state index contributed by atoms with van der Waals surface area (Å²) < 4.78 is 21.7. The van der Waals surface area contributed by atoms with E-state index < -0.39 is 32.2 Å². The maximum Gasteiger partial charge on any atom is 0.701 e. The van der Waals surface area contributed by atoms with Gasteiger partial charge in [0.2, 0.25) is 0 Å². The van der Waals surface area contributed by atoms with E-state index in [0.717, 1.165) is 12.1 Å². The van der Waals surface area contributed by atoms with Crippen molar-refractivity contribution in [3.05, 3.63) is 47.5 Å². The van der Waals surface area contributed by atoms with Gasteiger partial charge in [0.1, 0.15) is 0 Å². The molecule has 24 heavy (non-hydrogen) atoms. The molecule has 128 valence electrons. The molecule has 0 aromatic heterocycles. The SMILES string of the molecule is NC(O[P+](=O)OC(N)c1ccc(O)c(O)c1)c1ccc(O)c(O)c1. The normalized spacial score (nSPS) is 14.2. The number of phenolic OH excluding ortho intramolecular Hbond substituents is 4. The third-order valence-electron chi connectivity index (χ3n) is 3.06. The van der Waals surface area contributed by atoms with Gasteiger partial charge in [0, 0.05) is 15.7 Å². The van der Waals surface area contributed by atoms with E-state index in [4.69, 9.17) is 20.5 Å². The smallest absolute Gasteiger partial charge is 0.504 e. The number of aromatic hydroxyl groups is 4. The van der Waals surface area contributed by atoms with Crippen LogP contribution in [0.25, 0.3) is 0 Å². The molecule has 0 fully saturated rings. The Balaban J connectivity index is 1.98. The van der Waals surface area contributed by atoms with Crippen LogP contribution in [0.2, 0.25) is 0 Å². The van der Waals surface area contributed by atoms with E-state index in [9.17, 15) is 25.0 Å². The van der Waals surface area contributed by atoms with Gasteiger partial charge in [-0.2, -0.15) is 0 Å². The highest BCUT2D eigenvalue weighted by atomic mass is 31.1. The van der Waals surface area contributed by atoms with Gasteiger partial charge in [-0.25, -0.2) is 0 Å². The van der Waals surface area contributed by atoms with Crippen LogP contribution in [0.15, 0.2) is 36.4 Å². The fraction of sp³-hybridized carbons (Fsp3) is 0.143. The first-order valence-electron chi connectivity index (χ1n) is 6.63. The van der Waals surface area contributed by atoms with Crippen LogP contribution in [-0.4, -0.2) is 20.4 Å². The predicted molar refractivity (Wildman–Crippen MR) is 83.2 cm³/mol. The highest BCUT2D eigenvalue weighted by molar-refractivity contribution is 7.33. The van der Waals surface area contributed by atoms with Crippen LogP contribution in [0.3, 0.4) is 0 Å². The van der Waals surface area contributed by atoms with Gasteiger partial charge < -0.3 is 20.4 Å². The molecule has 0 heterocycles. The topological polar surface area (TPSA) is 168 Å². The minimum Gasteiger partial charge on any atom is -0.504 e. The average molecular weight is 355 g/mol. The van der Waals surface area contributed by atoms with Crippen LogP contribution in [0.4, 0.5) is 0 Å². The van der Waals surface area contributed by atoms with Gasteiger partial charge in [0.05, 0.1) is 0 Å². The van der Waals surface area contributed by atoms with Crippen molar-refractivity contribution >= 4 is 8.25 Å². The van der Waals surface area contributed by atoms with E-state index in [0.29, 0.717) is 0 Å². The van der Waals surface area contributed by atoms with Crippen LogP contribution < -0.4 is 11.5 Å². The van der Waals surface area contributed by atoms with Crippen molar-refractivity contribution in [1.29, 1.82) is 0 Å². The molecule has 0 bridgehead atoms. The highest BCUT2D eigenvalue weighted by Crippen LogP contribution is 2.37. The molecule has 0 aliphatic rings. The summed E-state index contributed by atoms with van der Waals surface area (Å²) in [4.78, 5) is 0. The van der Waals surface area contributed by atoms with E-state index in [1.54, 1.807) is 0 Å². The Morgan fingerprint density at radius 2 is 1.12 bits per heavy atom. The van der Waals surface area contributed by atoms with E-state index >= 15 is 0 Å². The molecule has 2 aromatic rings. The average Bonchev–Trinajstić information content (AvgIpc) is 2.52. The van der Waals surface area contributed by atoms with Gasteiger partial charge in [0.25, 0.3) is 0 Å². The third kappa shape index (κ3) is 4.31. The number of hydrogen-bond acceptors (Lipinski definition) is 9. The molecule has 0 saturated heterocycles. The van der Waals surface area contributed by atoms with E-state index in [1.165, 1.54) is 24.3 Å². The molecule has 2 atom stereocenters. The lowest BCUT2D eigenvalue weighted by molar-refractivity contribution is 0.135. The summed E-state index contributed by atoms with van der Waals surface area (Å²) in [6, 6.07) is 7.46. The largest absolute Gasteiger partial charge is 0.701 e. The molecule has 10 heteroatoms. The van der Waals surface area contributed by atoms with Crippen molar-refractivity contribution in [1.82, 2.24) is 0 Å². The molecule has 2 unspecified atom stereocenters. The van der Waals surface area contributed by atoms with Gasteiger partial charge in [-0.1, -0.05) is 21.2 Å². The minimum absolute atomic E-state index is 0.257. The molecule has 0 spiro atoms. The summed E-state index contributed by atoms with van der Waals surface area (Å²) in [6.07, 6.45) is -2.39. The standard InChI is InChI=1S/C14H15N2O7P/c15-13(7-1-3-9(17)11(19)5-7)22-24(21)23-14(16)8-2-4-10(18)12(20)6-8/h1-6,13-14H,15-16H2,(H3-,17,18,19,20)/p+1. The van der Waals surface area contributed by atoms with Crippen molar-refractivity contribution in [3.8, 4) is 23.0 Å². The molecule has 0 saturated carbocycles. The Morgan fingerprint density at radius 3 is 1.46 bits per heavy atom. The summed E-state index contributed by atoms with van der Waals surface area (Å²) in [5.74, 6) is -1.47. The van der Waals surface area contributed by atoms with Crippen molar-refractivity contribution < 1.29 is 34.0 Å². The van der Waals surface area contributed by atoms with Crippen molar-refractivity contribution in [2.45, 2.75) is 12.5 Å². The molecule has 0 amide bonds. The molecule has 8 N–H and O–H groups in total. The second-order valence-corrected chi connectivity index (χ2v) is 5.64. The lowest BCUT2D eigenvalue weighted by Gasteiger charge is -2.09. The van der Waals surface area contributed by atoms with Gasteiger partial charge in [-0.05, 0) is 24.3 Å². The molecule has 2 aromatic carbocycles. The van der Waals surface area contributed by atoms with Gasteiger partial charge in [0.15, 0.2) is 35.5 Å². The lowest BCUT2D eigenvalue weighted by Crippen LogP contribution is -2.14. The first-order valence-corrected chi connectivity index (χ1v) is 7.73. The molecule has 0 aliphatic carbocycles. The third-order valence-corrected chi connectivity index (χ3v) is 3.85. The summed E-state index contributed by atoms with van der Waals surface area (Å²) in [7, 11) is -2.73. The second kappa shape index (κ2) is 7.43. The number of phenols is 4. The summed E-state index contributed by atoms with van der Waals surface area (Å²) >= 11 is 0. The first-order chi connectivity index (χ1) is 11.3. The van der Waals surface area contributed by atoms with E-state index in [-0.39, 0.29) is 22.6 Å². The number of hydrogen-bond donors (Lipinski definition) is 6. The first kappa shape index (κ1) is 17.9. The summed E-state index contributed by atoms with van der Waals surface area (Å²) in [5.41, 5.74) is 11.9. The Morgan fingerprint density at radius 1 is 0.750 bits per heavy atom. The summed E-state index contributed by atoms with van der Waals surface area (Å²) in [6.45, 7) is 0. The fourth-order valence-electron chi connectivity index (χ4n) is 1.77. The number of benzene rings is 2. The Kier molecular flexibility index (Phi) is 5.55. The molecule has 2 rings (SSSR count). The maximum absolute atomic E-state index is 11.8. The zero-order valence-corrected chi connectivity index (χ0v) is 13.1. The van der Waals surface area contributed by atoms with Crippen molar-refractivity contribution in [3.63, 3.8) is 0 Å². The Labute approximate surface area is 137 Å². The van der Waals surface area contributed by atoms with Gasteiger partial charge >= 0.3 is 8.25 Å². The quantitative estimate of drug-likeness (QED) is 0.257. The minimum atomic E-state index is -2.73. The molecule has 0 radical (unpaired) electrons. The van der Waals surface area contributed by atoms with E-state index in [2.05, 4.69) is 0 Å². The van der Waals surface area contributed by atoms with Crippen LogP contribution in [0.5, 0.6) is 23.0 Å². The van der Waals surface area contributed by atoms with Crippen molar-refractivity contribution in [2.24, 2.45) is 11.5 Å². The van der Waals surface area contributed by atoms with E-state index in [1.807, 2.05) is 0 Å².